The van der Waals surface area contributed by atoms with E-state index in [9.17, 15) is 4.79 Å². The first-order chi connectivity index (χ1) is 10.1. The van der Waals surface area contributed by atoms with Crippen molar-refractivity contribution in [1.29, 1.82) is 0 Å². The number of hydrogen-bond donors (Lipinski definition) is 3. The summed E-state index contributed by atoms with van der Waals surface area (Å²) in [5.41, 5.74) is 9.11. The number of halogens is 1. The molecule has 0 aromatic carbocycles. The lowest BCUT2D eigenvalue weighted by atomic mass is 9.96. The van der Waals surface area contributed by atoms with Crippen molar-refractivity contribution in [3.63, 3.8) is 0 Å². The maximum Gasteiger partial charge on any atom is 0.273 e. The Balaban J connectivity index is 1.77. The average Bonchev–Trinajstić information content (AvgIpc) is 3.04. The van der Waals surface area contributed by atoms with E-state index in [2.05, 4.69) is 20.4 Å². The number of nitrogens with zero attached hydrogens (tertiary/aromatic N) is 3. The minimum absolute atomic E-state index is 0.130. The molecule has 2 aromatic rings. The third kappa shape index (κ3) is 2.49. The molecule has 0 spiro atoms. The molecule has 2 heterocycles. The molecule has 112 valence electrons. The van der Waals surface area contributed by atoms with Crippen LogP contribution in [-0.2, 0) is 19.4 Å². The van der Waals surface area contributed by atoms with Crippen LogP contribution < -0.4 is 5.73 Å². The van der Waals surface area contributed by atoms with Gasteiger partial charge < -0.3 is 10.6 Å². The Kier molecular flexibility index (Phi) is 3.59. The van der Waals surface area contributed by atoms with Gasteiger partial charge in [0.25, 0.3) is 5.91 Å². The van der Waals surface area contributed by atoms with Crippen LogP contribution in [0.2, 0.25) is 5.02 Å². The maximum atomic E-state index is 12.3. The van der Waals surface area contributed by atoms with Crippen molar-refractivity contribution in [3.05, 3.63) is 27.7 Å². The molecule has 1 aliphatic carbocycles. The summed E-state index contributed by atoms with van der Waals surface area (Å²) in [7, 11) is 1.71. The highest BCUT2D eigenvalue weighted by atomic mass is 35.5. The molecule has 0 unspecified atom stereocenters. The number of carbonyl (C=O) groups excluding carboxylic acids is 1. The molecule has 2 aromatic heterocycles. The first kappa shape index (κ1) is 13.9. The molecule has 4 N–H and O–H groups in total. The number of carbonyl (C=O) groups is 1. The molecular weight excluding hydrogens is 292 g/mol. The van der Waals surface area contributed by atoms with Crippen LogP contribution in [0.15, 0.2) is 0 Å². The number of nitrogens with two attached hydrogens (primary N) is 1. The smallest absolute Gasteiger partial charge is 0.273 e. The van der Waals surface area contributed by atoms with Gasteiger partial charge >= 0.3 is 0 Å². The van der Waals surface area contributed by atoms with Gasteiger partial charge in [0.1, 0.15) is 10.7 Å². The van der Waals surface area contributed by atoms with E-state index in [-0.39, 0.29) is 22.4 Å². The normalized spacial score (nSPS) is 14.0. The molecule has 0 aliphatic heterocycles. The fourth-order valence-corrected chi connectivity index (χ4v) is 2.82. The SMILES string of the molecule is CN(Cc1n[nH]c2c1CCCC2)C(=O)c1[nH]nc(N)c1Cl. The van der Waals surface area contributed by atoms with E-state index in [1.807, 2.05) is 0 Å². The zero-order chi connectivity index (χ0) is 15.0. The maximum absolute atomic E-state index is 12.3. The van der Waals surface area contributed by atoms with Crippen LogP contribution in [0.5, 0.6) is 0 Å². The number of aryl methyl sites for hydroxylation is 1. The van der Waals surface area contributed by atoms with E-state index in [1.165, 1.54) is 24.1 Å². The Bertz CT molecular complexity index is 676. The molecule has 8 heteroatoms. The fourth-order valence-electron chi connectivity index (χ4n) is 2.65. The largest absolute Gasteiger partial charge is 0.381 e. The lowest BCUT2D eigenvalue weighted by Crippen LogP contribution is -2.27. The van der Waals surface area contributed by atoms with Gasteiger partial charge in [0.05, 0.1) is 12.2 Å². The summed E-state index contributed by atoms with van der Waals surface area (Å²) < 4.78 is 0. The second-order valence-corrected chi connectivity index (χ2v) is 5.67. The molecule has 0 saturated heterocycles. The molecule has 0 atom stereocenters. The number of hydrogen-bond acceptors (Lipinski definition) is 4. The van der Waals surface area contributed by atoms with E-state index in [0.717, 1.165) is 18.5 Å². The van der Waals surface area contributed by atoms with Crippen LogP contribution in [0, 0.1) is 0 Å². The van der Waals surface area contributed by atoms with Gasteiger partial charge in [-0.05, 0) is 31.2 Å². The quantitative estimate of drug-likeness (QED) is 0.799. The molecule has 1 aliphatic rings. The van der Waals surface area contributed by atoms with Gasteiger partial charge in [-0.15, -0.1) is 0 Å². The van der Waals surface area contributed by atoms with Crippen molar-refractivity contribution in [2.24, 2.45) is 0 Å². The highest BCUT2D eigenvalue weighted by molar-refractivity contribution is 6.35. The number of nitrogen functional groups attached to an aromatic ring is 1. The number of anilines is 1. The minimum atomic E-state index is -0.253. The zero-order valence-electron chi connectivity index (χ0n) is 11.7. The van der Waals surface area contributed by atoms with E-state index in [1.54, 1.807) is 11.9 Å². The molecule has 3 rings (SSSR count). The Hall–Kier alpha value is -2.02. The second-order valence-electron chi connectivity index (χ2n) is 5.29. The van der Waals surface area contributed by atoms with Crippen molar-refractivity contribution < 1.29 is 4.79 Å². The van der Waals surface area contributed by atoms with Crippen molar-refractivity contribution in [1.82, 2.24) is 25.3 Å². The number of rotatable bonds is 3. The van der Waals surface area contributed by atoms with Crippen molar-refractivity contribution in [3.8, 4) is 0 Å². The molecule has 0 bridgehead atoms. The summed E-state index contributed by atoms with van der Waals surface area (Å²) >= 11 is 5.96. The summed E-state index contributed by atoms with van der Waals surface area (Å²) in [4.78, 5) is 13.9. The van der Waals surface area contributed by atoms with Crippen molar-refractivity contribution in [2.75, 3.05) is 12.8 Å². The molecule has 0 radical (unpaired) electrons. The Morgan fingerprint density at radius 2 is 2.10 bits per heavy atom. The van der Waals surface area contributed by atoms with Gasteiger partial charge in [-0.2, -0.15) is 10.2 Å². The number of amides is 1. The molecule has 7 nitrogen and oxygen atoms in total. The lowest BCUT2D eigenvalue weighted by Gasteiger charge is -2.17. The van der Waals surface area contributed by atoms with E-state index < -0.39 is 0 Å². The van der Waals surface area contributed by atoms with E-state index >= 15 is 0 Å². The third-order valence-electron chi connectivity index (χ3n) is 3.82. The van der Waals surface area contributed by atoms with Gasteiger partial charge in [0, 0.05) is 12.7 Å². The van der Waals surface area contributed by atoms with E-state index in [0.29, 0.717) is 6.54 Å². The first-order valence-electron chi connectivity index (χ1n) is 6.87. The molecular formula is C13H17ClN6O. The van der Waals surface area contributed by atoms with Gasteiger partial charge in [-0.3, -0.25) is 15.0 Å². The summed E-state index contributed by atoms with van der Waals surface area (Å²) in [5, 5.41) is 13.9. The predicted molar refractivity (Wildman–Crippen MR) is 79.0 cm³/mol. The Morgan fingerprint density at radius 1 is 1.33 bits per heavy atom. The standard InChI is InChI=1S/C13H17ClN6O/c1-20(13(21)11-10(14)12(15)19-18-11)6-9-7-4-2-3-5-8(7)16-17-9/h2-6H2,1H3,(H,16,17)(H3,15,18,19). The summed E-state index contributed by atoms with van der Waals surface area (Å²) in [6.07, 6.45) is 4.40. The Morgan fingerprint density at radius 3 is 2.81 bits per heavy atom. The molecule has 0 saturated carbocycles. The number of fused-ring (bicyclic) bond motifs is 1. The van der Waals surface area contributed by atoms with Gasteiger partial charge in [0.2, 0.25) is 0 Å². The number of aromatic amines is 2. The van der Waals surface area contributed by atoms with Crippen LogP contribution >= 0.6 is 11.6 Å². The van der Waals surface area contributed by atoms with Crippen LogP contribution in [0.25, 0.3) is 0 Å². The highest BCUT2D eigenvalue weighted by Gasteiger charge is 2.23. The summed E-state index contributed by atoms with van der Waals surface area (Å²) in [5.74, 6) is -0.123. The predicted octanol–water partition coefficient (Wildman–Crippen LogP) is 1.52. The topological polar surface area (TPSA) is 104 Å². The summed E-state index contributed by atoms with van der Waals surface area (Å²) in [6.45, 7) is 0.430. The van der Waals surface area contributed by atoms with Crippen LogP contribution in [0.1, 0.15) is 40.3 Å². The van der Waals surface area contributed by atoms with Crippen molar-refractivity contribution in [2.45, 2.75) is 32.2 Å². The van der Waals surface area contributed by atoms with Gasteiger partial charge in [-0.25, -0.2) is 0 Å². The van der Waals surface area contributed by atoms with Gasteiger partial charge in [-0.1, -0.05) is 11.6 Å². The molecule has 21 heavy (non-hydrogen) atoms. The second kappa shape index (κ2) is 5.40. The highest BCUT2D eigenvalue weighted by Crippen LogP contribution is 2.24. The lowest BCUT2D eigenvalue weighted by molar-refractivity contribution is 0.0777. The van der Waals surface area contributed by atoms with Crippen molar-refractivity contribution >= 4 is 23.3 Å². The molecule has 1 amide bonds. The summed E-state index contributed by atoms with van der Waals surface area (Å²) in [6, 6.07) is 0. The monoisotopic (exact) mass is 308 g/mol. The fraction of sp³-hybridized carbons (Fsp3) is 0.462. The molecule has 0 fully saturated rings. The minimum Gasteiger partial charge on any atom is -0.381 e. The number of aromatic nitrogens is 4. The average molecular weight is 309 g/mol. The van der Waals surface area contributed by atoms with Crippen LogP contribution in [-0.4, -0.2) is 38.2 Å². The zero-order valence-corrected chi connectivity index (χ0v) is 12.5. The van der Waals surface area contributed by atoms with Crippen LogP contribution in [0.3, 0.4) is 0 Å². The van der Waals surface area contributed by atoms with E-state index in [4.69, 9.17) is 17.3 Å². The number of H-pyrrole nitrogens is 2. The third-order valence-corrected chi connectivity index (χ3v) is 4.20. The Labute approximate surface area is 126 Å². The van der Waals surface area contributed by atoms with Gasteiger partial charge in [0.15, 0.2) is 5.82 Å². The van der Waals surface area contributed by atoms with Crippen LogP contribution in [0.4, 0.5) is 5.82 Å². The number of nitrogens with one attached hydrogen (secondary N) is 2. The first-order valence-corrected chi connectivity index (χ1v) is 7.25.